The molecule has 1 atom stereocenters. The van der Waals surface area contributed by atoms with Crippen LogP contribution in [0.3, 0.4) is 0 Å². The van der Waals surface area contributed by atoms with Crippen LogP contribution in [0.1, 0.15) is 48.2 Å². The second-order valence-corrected chi connectivity index (χ2v) is 9.48. The Bertz CT molecular complexity index is 1360. The van der Waals surface area contributed by atoms with Crippen LogP contribution < -0.4 is 10.2 Å². The fourth-order valence-electron chi connectivity index (χ4n) is 4.75. The first-order chi connectivity index (χ1) is 18.4. The number of rotatable bonds is 7. The number of nitrogens with zero attached hydrogens (tertiary/aromatic N) is 8. The summed E-state index contributed by atoms with van der Waals surface area (Å²) < 4.78 is 45.2. The molecule has 2 aromatic rings. The second kappa shape index (κ2) is 9.37. The number of fused-ring (bicyclic) bond motifs is 1. The summed E-state index contributed by atoms with van der Waals surface area (Å²) in [6.07, 6.45) is 2.79. The lowest BCUT2D eigenvalue weighted by Crippen LogP contribution is -2.36. The molecular weight excluding hydrogens is 499 g/mol. The molecule has 13 heteroatoms. The van der Waals surface area contributed by atoms with Crippen LogP contribution in [-0.4, -0.2) is 81.3 Å². The Hall–Kier alpha value is -4.03. The molecule has 0 amide bonds. The zero-order chi connectivity index (χ0) is 26.4. The maximum atomic E-state index is 13.2. The van der Waals surface area contributed by atoms with Gasteiger partial charge in [-0.25, -0.2) is 15.0 Å². The molecule has 6 rings (SSSR count). The number of ether oxygens (including phenoxy) is 1. The largest absolute Gasteiger partial charge is 0.480 e. The van der Waals surface area contributed by atoms with Crippen LogP contribution in [-0.2, 0) is 6.54 Å². The van der Waals surface area contributed by atoms with Crippen molar-refractivity contribution < 1.29 is 17.9 Å². The molecule has 0 spiro atoms. The molecule has 2 aromatic heterocycles. The highest BCUT2D eigenvalue weighted by Gasteiger charge is 2.45. The lowest BCUT2D eigenvalue weighted by Gasteiger charge is -2.23. The minimum absolute atomic E-state index is 0.186. The van der Waals surface area contributed by atoms with Gasteiger partial charge in [0.05, 0.1) is 32.4 Å². The van der Waals surface area contributed by atoms with E-state index in [1.165, 1.54) is 6.33 Å². The number of hydrazine groups is 1. The number of hydrogen-bond acceptors (Lipinski definition) is 10. The Morgan fingerprint density at radius 2 is 1.97 bits per heavy atom. The minimum atomic E-state index is -4.38. The highest BCUT2D eigenvalue weighted by molar-refractivity contribution is 6.15. The number of halogens is 3. The summed E-state index contributed by atoms with van der Waals surface area (Å²) in [4.78, 5) is 28.3. The molecule has 1 aliphatic carbocycles. The number of methoxy groups -OCH3 is 1. The molecule has 1 fully saturated rings. The van der Waals surface area contributed by atoms with E-state index >= 15 is 0 Å². The average Bonchev–Trinajstić information content (AvgIpc) is 3.55. The van der Waals surface area contributed by atoms with E-state index in [2.05, 4.69) is 30.4 Å². The topological polar surface area (TPSA) is 103 Å². The zero-order valence-electron chi connectivity index (χ0n) is 20.9. The fraction of sp³-hybridized carbons (Fsp3) is 0.440. The van der Waals surface area contributed by atoms with Gasteiger partial charge in [-0.3, -0.25) is 20.0 Å². The van der Waals surface area contributed by atoms with Crippen LogP contribution in [0.15, 0.2) is 51.4 Å². The summed E-state index contributed by atoms with van der Waals surface area (Å²) in [5.41, 5.74) is 7.09. The molecule has 198 valence electrons. The first-order valence-corrected chi connectivity index (χ1v) is 12.5. The number of alkyl halides is 3. The van der Waals surface area contributed by atoms with Gasteiger partial charge in [-0.05, 0) is 31.4 Å². The van der Waals surface area contributed by atoms with Gasteiger partial charge in [0.1, 0.15) is 17.6 Å². The van der Waals surface area contributed by atoms with E-state index < -0.39 is 12.2 Å². The highest BCUT2D eigenvalue weighted by atomic mass is 19.4. The molecule has 1 N–H and O–H groups in total. The standard InChI is InChI=1S/C25H26F3N9O/c1-3-36-12-18(25(26,27)28)34-23(36)17-7-4-14(8-29-17)11-37-22-16(10-33-37)9-30-21(35-22)19-20(15-5-6-15)31-13-32-24(19)38-2/h4,7-8,10,13,15,18,33H,3,5-6,9,11-12H2,1-2H3. The SMILES string of the molecule is CCN1CC(C(F)(F)F)N=C1c1ccc(CN2NC=C3CN=C(c4c(OC)ncnc4C4CC4)N=C32)cn1. The summed E-state index contributed by atoms with van der Waals surface area (Å²) in [5, 5.41) is 1.89. The molecular formula is C25H26F3N9O. The number of aliphatic imine (C=N–C) groups is 3. The van der Waals surface area contributed by atoms with Crippen molar-refractivity contribution in [3.05, 3.63) is 58.9 Å². The highest BCUT2D eigenvalue weighted by Crippen LogP contribution is 2.42. The van der Waals surface area contributed by atoms with Gasteiger partial charge in [0, 0.05) is 30.4 Å². The first-order valence-electron chi connectivity index (χ1n) is 12.5. The number of nitrogens with one attached hydrogen (secondary N) is 1. The van der Waals surface area contributed by atoms with E-state index in [1.54, 1.807) is 31.2 Å². The Kier molecular flexibility index (Phi) is 6.00. The zero-order valence-corrected chi connectivity index (χ0v) is 20.9. The number of pyridine rings is 1. The third kappa shape index (κ3) is 4.45. The summed E-state index contributed by atoms with van der Waals surface area (Å²) in [6, 6.07) is 1.83. The van der Waals surface area contributed by atoms with Crippen molar-refractivity contribution in [2.45, 2.75) is 44.4 Å². The van der Waals surface area contributed by atoms with Crippen molar-refractivity contribution in [2.24, 2.45) is 15.0 Å². The molecule has 0 radical (unpaired) electrons. The van der Waals surface area contributed by atoms with Gasteiger partial charge in [0.25, 0.3) is 0 Å². The molecule has 5 heterocycles. The van der Waals surface area contributed by atoms with Crippen LogP contribution >= 0.6 is 0 Å². The number of likely N-dealkylation sites (N-methyl/N-ethyl adjacent to an activating group) is 1. The fourth-order valence-corrected chi connectivity index (χ4v) is 4.75. The van der Waals surface area contributed by atoms with E-state index in [4.69, 9.17) is 9.73 Å². The number of amidine groups is 3. The van der Waals surface area contributed by atoms with E-state index in [-0.39, 0.29) is 12.4 Å². The van der Waals surface area contributed by atoms with Gasteiger partial charge in [-0.15, -0.1) is 0 Å². The van der Waals surface area contributed by atoms with Crippen LogP contribution in [0.2, 0.25) is 0 Å². The van der Waals surface area contributed by atoms with Gasteiger partial charge >= 0.3 is 6.18 Å². The van der Waals surface area contributed by atoms with Crippen LogP contribution in [0.25, 0.3) is 0 Å². The first kappa shape index (κ1) is 24.3. The predicted octanol–water partition coefficient (Wildman–Crippen LogP) is 2.83. The molecule has 1 unspecified atom stereocenters. The van der Waals surface area contributed by atoms with Crippen molar-refractivity contribution >= 4 is 17.5 Å². The molecule has 3 aliphatic heterocycles. The number of aromatic nitrogens is 3. The third-order valence-corrected chi connectivity index (χ3v) is 6.90. The maximum Gasteiger partial charge on any atom is 0.412 e. The van der Waals surface area contributed by atoms with E-state index in [0.717, 1.165) is 41.1 Å². The Balaban J connectivity index is 1.22. The molecule has 0 bridgehead atoms. The van der Waals surface area contributed by atoms with Crippen molar-refractivity contribution in [1.82, 2.24) is 30.3 Å². The summed E-state index contributed by atoms with van der Waals surface area (Å²) >= 11 is 0. The Morgan fingerprint density at radius 1 is 1.13 bits per heavy atom. The predicted molar refractivity (Wildman–Crippen MR) is 134 cm³/mol. The van der Waals surface area contributed by atoms with Crippen LogP contribution in [0.5, 0.6) is 5.88 Å². The van der Waals surface area contributed by atoms with E-state index in [1.807, 2.05) is 17.3 Å². The Labute approximate surface area is 217 Å². The van der Waals surface area contributed by atoms with Gasteiger partial charge in [0.2, 0.25) is 5.88 Å². The van der Waals surface area contributed by atoms with Crippen molar-refractivity contribution in [1.29, 1.82) is 0 Å². The molecule has 0 saturated heterocycles. The number of hydrogen-bond donors (Lipinski definition) is 1. The maximum absolute atomic E-state index is 13.2. The molecule has 1 saturated carbocycles. The molecule has 10 nitrogen and oxygen atoms in total. The van der Waals surface area contributed by atoms with Crippen molar-refractivity contribution in [3.63, 3.8) is 0 Å². The van der Waals surface area contributed by atoms with Crippen LogP contribution in [0, 0.1) is 0 Å². The van der Waals surface area contributed by atoms with Gasteiger partial charge < -0.3 is 15.1 Å². The third-order valence-electron chi connectivity index (χ3n) is 6.90. The monoisotopic (exact) mass is 525 g/mol. The summed E-state index contributed by atoms with van der Waals surface area (Å²) in [7, 11) is 1.57. The van der Waals surface area contributed by atoms with Crippen molar-refractivity contribution in [2.75, 3.05) is 26.7 Å². The quantitative estimate of drug-likeness (QED) is 0.593. The molecule has 38 heavy (non-hydrogen) atoms. The summed E-state index contributed by atoms with van der Waals surface area (Å²) in [6.45, 7) is 2.93. The van der Waals surface area contributed by atoms with E-state index in [0.29, 0.717) is 43.0 Å². The lowest BCUT2D eigenvalue weighted by atomic mass is 10.1. The molecule has 4 aliphatic rings. The van der Waals surface area contributed by atoms with Gasteiger partial charge in [-0.1, -0.05) is 6.07 Å². The second-order valence-electron chi connectivity index (χ2n) is 9.48. The average molecular weight is 526 g/mol. The van der Waals surface area contributed by atoms with Crippen LogP contribution in [0.4, 0.5) is 13.2 Å². The van der Waals surface area contributed by atoms with Crippen molar-refractivity contribution in [3.8, 4) is 5.88 Å². The van der Waals surface area contributed by atoms with Gasteiger partial charge in [0.15, 0.2) is 23.5 Å². The van der Waals surface area contributed by atoms with E-state index in [9.17, 15) is 13.2 Å². The smallest absolute Gasteiger partial charge is 0.412 e. The lowest BCUT2D eigenvalue weighted by molar-refractivity contribution is -0.145. The molecule has 0 aromatic carbocycles. The summed E-state index contributed by atoms with van der Waals surface area (Å²) in [5.74, 6) is 2.36. The van der Waals surface area contributed by atoms with Gasteiger partial charge in [-0.2, -0.15) is 13.2 Å². The Morgan fingerprint density at radius 3 is 2.66 bits per heavy atom. The minimum Gasteiger partial charge on any atom is -0.480 e. The normalized spacial score (nSPS) is 20.9.